The Kier molecular flexibility index (Phi) is 12.0. The number of hydrogen-bond acceptors (Lipinski definition) is 4. The first-order chi connectivity index (χ1) is 19.2. The molecule has 0 fully saturated rings. The van der Waals surface area contributed by atoms with Gasteiger partial charge in [-0.1, -0.05) is 62.2 Å². The van der Waals surface area contributed by atoms with E-state index in [0.717, 1.165) is 54.1 Å². The Bertz CT molecular complexity index is 1180. The highest BCUT2D eigenvalue weighted by Gasteiger charge is 2.36. The zero-order chi connectivity index (χ0) is 29.0. The maximum absolute atomic E-state index is 13.0. The molecule has 8 heteroatoms. The van der Waals surface area contributed by atoms with Crippen molar-refractivity contribution in [3.63, 3.8) is 0 Å². The van der Waals surface area contributed by atoms with Gasteiger partial charge in [-0.3, -0.25) is 9.78 Å². The molecule has 0 amide bonds. The van der Waals surface area contributed by atoms with Crippen LogP contribution in [0.5, 0.6) is 5.75 Å². The van der Waals surface area contributed by atoms with E-state index in [4.69, 9.17) is 14.6 Å². The molecule has 0 bridgehead atoms. The molecule has 0 aliphatic rings. The number of alkyl halides is 3. The van der Waals surface area contributed by atoms with E-state index in [9.17, 15) is 18.0 Å². The average Bonchev–Trinajstić information content (AvgIpc) is 2.94. The molecule has 0 saturated heterocycles. The number of pyridine rings is 1. The van der Waals surface area contributed by atoms with Crippen molar-refractivity contribution < 1.29 is 32.5 Å². The number of rotatable bonds is 16. The van der Waals surface area contributed by atoms with Gasteiger partial charge in [0.25, 0.3) is 0 Å². The Morgan fingerprint density at radius 3 is 2.38 bits per heavy atom. The van der Waals surface area contributed by atoms with Crippen molar-refractivity contribution >= 4 is 5.97 Å². The van der Waals surface area contributed by atoms with E-state index in [1.165, 1.54) is 0 Å². The molecule has 0 saturated carbocycles. The maximum atomic E-state index is 13.0. The molecule has 0 aliphatic heterocycles. The fourth-order valence-electron chi connectivity index (χ4n) is 4.52. The minimum absolute atomic E-state index is 0.00740. The SMILES string of the molecule is CCCCCOc1ccc(-c2cc(C(CCCC(=O)O)CCOC(C)C(F)(F)F)ccc2-c2ccccc2)nc1. The topological polar surface area (TPSA) is 68.7 Å². The molecule has 0 aliphatic carbocycles. The summed E-state index contributed by atoms with van der Waals surface area (Å²) in [6.45, 7) is 3.68. The summed E-state index contributed by atoms with van der Waals surface area (Å²) < 4.78 is 49.8. The van der Waals surface area contributed by atoms with Crippen LogP contribution in [0, 0.1) is 0 Å². The predicted octanol–water partition coefficient (Wildman–Crippen LogP) is 8.68. The van der Waals surface area contributed by atoms with E-state index in [-0.39, 0.29) is 18.9 Å². The number of benzene rings is 2. The third kappa shape index (κ3) is 9.66. The predicted molar refractivity (Wildman–Crippen MR) is 150 cm³/mol. The first kappa shape index (κ1) is 31.1. The van der Waals surface area contributed by atoms with Crippen LogP contribution in [0.2, 0.25) is 0 Å². The maximum Gasteiger partial charge on any atom is 0.414 e. The zero-order valence-electron chi connectivity index (χ0n) is 23.1. The van der Waals surface area contributed by atoms with E-state index in [1.54, 1.807) is 6.20 Å². The van der Waals surface area contributed by atoms with Crippen LogP contribution in [-0.2, 0) is 9.53 Å². The summed E-state index contributed by atoms with van der Waals surface area (Å²) in [5.74, 6) is -0.383. The Morgan fingerprint density at radius 1 is 0.950 bits per heavy atom. The van der Waals surface area contributed by atoms with E-state index >= 15 is 0 Å². The normalized spacial score (nSPS) is 13.1. The minimum Gasteiger partial charge on any atom is -0.492 e. The van der Waals surface area contributed by atoms with Crippen LogP contribution in [0.3, 0.4) is 0 Å². The van der Waals surface area contributed by atoms with Gasteiger partial charge in [0.1, 0.15) is 5.75 Å². The van der Waals surface area contributed by atoms with Crippen molar-refractivity contribution in [3.8, 4) is 28.1 Å². The van der Waals surface area contributed by atoms with E-state index in [2.05, 4.69) is 11.9 Å². The standard InChI is InChI=1S/C32H38F3NO4/c1-3-4-8-19-40-27-15-17-30(36-22-27)29-21-26(14-16-28(29)25-10-6-5-7-11-25)24(12-9-13-31(37)38)18-20-39-23(2)32(33,34)35/h5-7,10-11,14-17,21-24H,3-4,8-9,12-13,18-20H2,1-2H3,(H,37,38). The largest absolute Gasteiger partial charge is 0.492 e. The van der Waals surface area contributed by atoms with Crippen molar-refractivity contribution in [3.05, 3.63) is 72.4 Å². The number of halogens is 3. The van der Waals surface area contributed by atoms with Crippen LogP contribution in [0.1, 0.15) is 70.3 Å². The highest BCUT2D eigenvalue weighted by molar-refractivity contribution is 5.82. The molecule has 3 rings (SSSR count). The summed E-state index contributed by atoms with van der Waals surface area (Å²) in [4.78, 5) is 15.8. The number of carbonyl (C=O) groups is 1. The Hall–Kier alpha value is -3.39. The molecule has 40 heavy (non-hydrogen) atoms. The number of carboxylic acids is 1. The quantitative estimate of drug-likeness (QED) is 0.179. The van der Waals surface area contributed by atoms with Crippen molar-refractivity contribution in [1.29, 1.82) is 0 Å². The molecular weight excluding hydrogens is 519 g/mol. The molecule has 0 spiro atoms. The smallest absolute Gasteiger partial charge is 0.414 e. The lowest BCUT2D eigenvalue weighted by Gasteiger charge is -2.22. The van der Waals surface area contributed by atoms with Crippen molar-refractivity contribution in [2.75, 3.05) is 13.2 Å². The third-order valence-corrected chi connectivity index (χ3v) is 6.87. The molecule has 2 unspecified atom stereocenters. The summed E-state index contributed by atoms with van der Waals surface area (Å²) in [7, 11) is 0. The van der Waals surface area contributed by atoms with Crippen LogP contribution in [-0.4, -0.2) is 41.6 Å². The Balaban J connectivity index is 1.90. The van der Waals surface area contributed by atoms with Crippen molar-refractivity contribution in [2.24, 2.45) is 0 Å². The van der Waals surface area contributed by atoms with Crippen LogP contribution in [0.25, 0.3) is 22.4 Å². The molecule has 1 heterocycles. The zero-order valence-corrected chi connectivity index (χ0v) is 23.1. The summed E-state index contributed by atoms with van der Waals surface area (Å²) in [6, 6.07) is 19.7. The second-order valence-electron chi connectivity index (χ2n) is 9.93. The number of ether oxygens (including phenoxy) is 2. The monoisotopic (exact) mass is 557 g/mol. The van der Waals surface area contributed by atoms with Crippen LogP contribution in [0.15, 0.2) is 66.9 Å². The van der Waals surface area contributed by atoms with Crippen LogP contribution >= 0.6 is 0 Å². The molecule has 216 valence electrons. The number of aliphatic carboxylic acids is 1. The highest BCUT2D eigenvalue weighted by atomic mass is 19.4. The molecule has 5 nitrogen and oxygen atoms in total. The van der Waals surface area contributed by atoms with Crippen molar-refractivity contribution in [2.45, 2.75) is 77.0 Å². The van der Waals surface area contributed by atoms with E-state index in [1.807, 2.05) is 60.7 Å². The van der Waals surface area contributed by atoms with Gasteiger partial charge in [0.15, 0.2) is 6.10 Å². The van der Waals surface area contributed by atoms with Crippen LogP contribution in [0.4, 0.5) is 13.2 Å². The molecule has 2 atom stereocenters. The highest BCUT2D eigenvalue weighted by Crippen LogP contribution is 2.36. The van der Waals surface area contributed by atoms with Gasteiger partial charge >= 0.3 is 12.1 Å². The third-order valence-electron chi connectivity index (χ3n) is 6.87. The summed E-state index contributed by atoms with van der Waals surface area (Å²) in [6.07, 6.45) is -0.140. The van der Waals surface area contributed by atoms with Gasteiger partial charge in [-0.2, -0.15) is 13.2 Å². The number of nitrogens with zero attached hydrogens (tertiary/aromatic N) is 1. The van der Waals surface area contributed by atoms with Gasteiger partial charge in [0.2, 0.25) is 0 Å². The molecule has 1 N–H and O–H groups in total. The average molecular weight is 558 g/mol. The van der Waals surface area contributed by atoms with Crippen LogP contribution < -0.4 is 4.74 Å². The Labute approximate surface area is 234 Å². The lowest BCUT2D eigenvalue weighted by Crippen LogP contribution is -2.29. The minimum atomic E-state index is -4.43. The lowest BCUT2D eigenvalue weighted by molar-refractivity contribution is -0.214. The van der Waals surface area contributed by atoms with E-state index < -0.39 is 18.2 Å². The fourth-order valence-corrected chi connectivity index (χ4v) is 4.52. The second kappa shape index (κ2) is 15.4. The fraction of sp³-hybridized carbons (Fsp3) is 0.438. The first-order valence-corrected chi connectivity index (χ1v) is 13.9. The van der Waals surface area contributed by atoms with E-state index in [0.29, 0.717) is 31.6 Å². The number of carboxylic acid groups (broad SMARTS) is 1. The summed E-state index contributed by atoms with van der Waals surface area (Å²) in [5.41, 5.74) is 4.52. The molecule has 2 aromatic carbocycles. The van der Waals surface area contributed by atoms with Gasteiger partial charge in [0.05, 0.1) is 18.5 Å². The van der Waals surface area contributed by atoms with Gasteiger partial charge < -0.3 is 14.6 Å². The number of aromatic nitrogens is 1. The Morgan fingerprint density at radius 2 is 1.73 bits per heavy atom. The van der Waals surface area contributed by atoms with Gasteiger partial charge in [-0.15, -0.1) is 0 Å². The summed E-state index contributed by atoms with van der Waals surface area (Å²) >= 11 is 0. The van der Waals surface area contributed by atoms with Gasteiger partial charge in [-0.25, -0.2) is 0 Å². The second-order valence-corrected chi connectivity index (χ2v) is 9.93. The van der Waals surface area contributed by atoms with Gasteiger partial charge in [-0.05, 0) is 73.4 Å². The molecule has 1 aromatic heterocycles. The molecular formula is C32H38F3NO4. The number of unbranched alkanes of at least 4 members (excludes halogenated alkanes) is 2. The first-order valence-electron chi connectivity index (χ1n) is 13.9. The summed E-state index contributed by atoms with van der Waals surface area (Å²) in [5, 5.41) is 9.13. The molecule has 0 radical (unpaired) electrons. The van der Waals surface area contributed by atoms with Crippen molar-refractivity contribution in [1.82, 2.24) is 4.98 Å². The van der Waals surface area contributed by atoms with Gasteiger partial charge in [0, 0.05) is 18.6 Å². The molecule has 3 aromatic rings. The lowest BCUT2D eigenvalue weighted by atomic mass is 9.86. The number of hydrogen-bond donors (Lipinski definition) is 1.